The first-order chi connectivity index (χ1) is 18.1. The van der Waals surface area contributed by atoms with Crippen molar-refractivity contribution in [3.05, 3.63) is 73.1 Å². The quantitative estimate of drug-likeness (QED) is 0.224. The zero-order valence-corrected chi connectivity index (χ0v) is 22.5. The molecule has 5 rings (SSSR count). The van der Waals surface area contributed by atoms with Gasteiger partial charge in [0.15, 0.2) is 22.6 Å². The first-order valence-electron chi connectivity index (χ1n) is 12.4. The molecule has 2 aromatic carbocycles. The molecule has 0 bridgehead atoms. The number of nitrogens with two attached hydrogens (primary N) is 1. The third-order valence-electron chi connectivity index (χ3n) is 7.21. The van der Waals surface area contributed by atoms with Crippen LogP contribution in [0.3, 0.4) is 0 Å². The van der Waals surface area contributed by atoms with Crippen LogP contribution in [0, 0.1) is 18.4 Å². The van der Waals surface area contributed by atoms with Gasteiger partial charge in [-0.3, -0.25) is 4.57 Å². The molecule has 1 fully saturated rings. The van der Waals surface area contributed by atoms with E-state index in [0.717, 1.165) is 10.4 Å². The number of halogens is 1. The second kappa shape index (κ2) is 9.60. The van der Waals surface area contributed by atoms with E-state index in [1.54, 1.807) is 0 Å². The number of nitrogen functional groups attached to an aromatic ring is 1. The van der Waals surface area contributed by atoms with Gasteiger partial charge in [-0.2, -0.15) is 14.4 Å². The third kappa shape index (κ3) is 4.18. The van der Waals surface area contributed by atoms with Gasteiger partial charge in [-0.25, -0.2) is 4.98 Å². The van der Waals surface area contributed by atoms with Crippen molar-refractivity contribution >= 4 is 35.7 Å². The average Bonchev–Trinajstić information content (AvgIpc) is 3.46. The van der Waals surface area contributed by atoms with E-state index in [1.807, 2.05) is 36.4 Å². The molecule has 38 heavy (non-hydrogen) atoms. The lowest BCUT2D eigenvalue weighted by atomic mass is 9.99. The number of hydrogen-bond donors (Lipinski definition) is 2. The Morgan fingerprint density at radius 2 is 1.76 bits per heavy atom. The van der Waals surface area contributed by atoms with Gasteiger partial charge in [0.1, 0.15) is 12.3 Å². The van der Waals surface area contributed by atoms with Crippen LogP contribution < -0.4 is 16.1 Å². The first kappa shape index (κ1) is 26.0. The van der Waals surface area contributed by atoms with E-state index < -0.39 is 32.3 Å². The fraction of sp³-hybridized carbons (Fsp3) is 0.321. The highest BCUT2D eigenvalue weighted by Crippen LogP contribution is 2.41. The van der Waals surface area contributed by atoms with Crippen molar-refractivity contribution in [3.8, 4) is 12.3 Å². The summed E-state index contributed by atoms with van der Waals surface area (Å²) in [6.45, 7) is 6.43. The molecule has 1 aliphatic heterocycles. The van der Waals surface area contributed by atoms with Gasteiger partial charge in [-0.15, -0.1) is 6.42 Å². The summed E-state index contributed by atoms with van der Waals surface area (Å²) in [5.74, 6) is 2.60. The number of fused-ring (bicyclic) bond motifs is 1. The number of aliphatic hydroxyl groups is 1. The van der Waals surface area contributed by atoms with Crippen molar-refractivity contribution in [3.63, 3.8) is 0 Å². The number of nitrogens with zero attached hydrogens (tertiary/aromatic N) is 4. The Kier molecular flexibility index (Phi) is 6.57. The molecule has 1 aliphatic rings. The lowest BCUT2D eigenvalue weighted by Crippen LogP contribution is -2.68. The number of ether oxygens (including phenoxy) is 1. The standard InChI is InChI=1S/C28H30FN5O3Si/c1-5-28(21(35)16-22(37-28)34-18-31-23-24(30)32-26(29)33-25(23)34)17-36-38(27(2,3)4,19-12-8-6-9-13-19)20-14-10-7-11-15-20/h1,6-15,18,21-22,35H,16-17H2,2-4H3,(H2,30,32,33)/t21-,22-,28-/m1/s1. The summed E-state index contributed by atoms with van der Waals surface area (Å²) in [5.41, 5.74) is 4.77. The Morgan fingerprint density at radius 3 is 2.32 bits per heavy atom. The Morgan fingerprint density at radius 1 is 1.16 bits per heavy atom. The molecule has 4 aromatic rings. The van der Waals surface area contributed by atoms with Gasteiger partial charge in [0, 0.05) is 6.42 Å². The molecule has 10 heteroatoms. The molecule has 0 aliphatic carbocycles. The monoisotopic (exact) mass is 531 g/mol. The van der Waals surface area contributed by atoms with E-state index in [2.05, 4.69) is 65.9 Å². The van der Waals surface area contributed by atoms with Crippen LogP contribution in [-0.2, 0) is 9.16 Å². The van der Waals surface area contributed by atoms with E-state index in [1.165, 1.54) is 10.9 Å². The van der Waals surface area contributed by atoms with Gasteiger partial charge < -0.3 is 20.0 Å². The highest BCUT2D eigenvalue weighted by atomic mass is 28.4. The van der Waals surface area contributed by atoms with Gasteiger partial charge in [-0.05, 0) is 15.4 Å². The maximum atomic E-state index is 13.9. The minimum Gasteiger partial charge on any atom is -0.403 e. The second-order valence-electron chi connectivity index (χ2n) is 10.5. The zero-order valence-electron chi connectivity index (χ0n) is 21.5. The molecule has 196 valence electrons. The third-order valence-corrected chi connectivity index (χ3v) is 12.2. The summed E-state index contributed by atoms with van der Waals surface area (Å²) in [7, 11) is -2.95. The van der Waals surface area contributed by atoms with Crippen molar-refractivity contribution in [1.82, 2.24) is 19.5 Å². The van der Waals surface area contributed by atoms with Crippen LogP contribution in [0.4, 0.5) is 10.2 Å². The summed E-state index contributed by atoms with van der Waals surface area (Å²) in [4.78, 5) is 11.6. The van der Waals surface area contributed by atoms with Crippen molar-refractivity contribution in [2.45, 2.75) is 50.2 Å². The number of hydrogen-bond acceptors (Lipinski definition) is 7. The van der Waals surface area contributed by atoms with Gasteiger partial charge in [0.25, 0.3) is 8.32 Å². The highest BCUT2D eigenvalue weighted by molar-refractivity contribution is 6.99. The molecular formula is C28H30FN5O3Si. The zero-order chi connectivity index (χ0) is 27.1. The van der Waals surface area contributed by atoms with E-state index in [9.17, 15) is 9.50 Å². The van der Waals surface area contributed by atoms with Crippen LogP contribution in [0.15, 0.2) is 67.0 Å². The molecule has 0 unspecified atom stereocenters. The molecule has 3 N–H and O–H groups in total. The van der Waals surface area contributed by atoms with Gasteiger partial charge in [-0.1, -0.05) is 87.4 Å². The molecule has 3 atom stereocenters. The Bertz CT molecular complexity index is 1450. The minimum atomic E-state index is -2.95. The van der Waals surface area contributed by atoms with Gasteiger partial charge in [0.05, 0.1) is 12.9 Å². The smallest absolute Gasteiger partial charge is 0.312 e. The van der Waals surface area contributed by atoms with E-state index in [0.29, 0.717) is 0 Å². The highest BCUT2D eigenvalue weighted by Gasteiger charge is 2.54. The number of imidazole rings is 1. The number of anilines is 1. The fourth-order valence-electron chi connectivity index (χ4n) is 5.32. The lowest BCUT2D eigenvalue weighted by Gasteiger charge is -2.44. The van der Waals surface area contributed by atoms with Crippen LogP contribution in [0.1, 0.15) is 33.4 Å². The number of rotatable bonds is 6. The maximum Gasteiger partial charge on any atom is 0.312 e. The number of terminal acetylenes is 1. The normalized spacial score (nSPS) is 22.0. The van der Waals surface area contributed by atoms with Gasteiger partial charge >= 0.3 is 6.08 Å². The predicted molar refractivity (Wildman–Crippen MR) is 146 cm³/mol. The van der Waals surface area contributed by atoms with Crippen LogP contribution in [0.2, 0.25) is 5.04 Å². The van der Waals surface area contributed by atoms with E-state index in [4.69, 9.17) is 21.3 Å². The largest absolute Gasteiger partial charge is 0.403 e. The van der Waals surface area contributed by atoms with Crippen LogP contribution >= 0.6 is 0 Å². The lowest BCUT2D eigenvalue weighted by molar-refractivity contribution is -0.0857. The van der Waals surface area contributed by atoms with Crippen molar-refractivity contribution in [1.29, 1.82) is 0 Å². The number of aromatic nitrogens is 4. The summed E-state index contributed by atoms with van der Waals surface area (Å²) >= 11 is 0. The second-order valence-corrected chi connectivity index (χ2v) is 14.8. The summed E-state index contributed by atoms with van der Waals surface area (Å²) in [6, 6.07) is 20.3. The SMILES string of the molecule is C#C[C@]1(CO[Si](c2ccccc2)(c2ccccc2)C(C)(C)C)O[C@@H](n2cnc3c(N)nc(F)nc32)C[C@H]1O. The van der Waals surface area contributed by atoms with Crippen molar-refractivity contribution < 1.29 is 18.7 Å². The average molecular weight is 532 g/mol. The van der Waals surface area contributed by atoms with Gasteiger partial charge in [0.2, 0.25) is 0 Å². The van der Waals surface area contributed by atoms with Crippen LogP contribution in [0.25, 0.3) is 11.2 Å². The topological polar surface area (TPSA) is 108 Å². The summed E-state index contributed by atoms with van der Waals surface area (Å²) in [5, 5.41) is 13.1. The molecular weight excluding hydrogens is 501 g/mol. The molecule has 8 nitrogen and oxygen atoms in total. The number of benzene rings is 2. The van der Waals surface area contributed by atoms with E-state index in [-0.39, 0.29) is 35.0 Å². The summed E-state index contributed by atoms with van der Waals surface area (Å²) < 4.78 is 28.8. The van der Waals surface area contributed by atoms with E-state index >= 15 is 0 Å². The first-order valence-corrected chi connectivity index (χ1v) is 14.3. The Labute approximate surface area is 221 Å². The molecule has 2 aromatic heterocycles. The molecule has 0 amide bonds. The molecule has 0 saturated carbocycles. The maximum absolute atomic E-state index is 13.9. The predicted octanol–water partition coefficient (Wildman–Crippen LogP) is 2.78. The Balaban J connectivity index is 1.53. The van der Waals surface area contributed by atoms with Crippen LogP contribution in [-0.4, -0.2) is 51.3 Å². The minimum absolute atomic E-state index is 0.0490. The number of aliphatic hydroxyl groups excluding tert-OH is 1. The van der Waals surface area contributed by atoms with Crippen molar-refractivity contribution in [2.75, 3.05) is 12.3 Å². The Hall–Kier alpha value is -3.62. The fourth-order valence-corrected chi connectivity index (χ4v) is 9.91. The molecule has 3 heterocycles. The van der Waals surface area contributed by atoms with Crippen LogP contribution in [0.5, 0.6) is 0 Å². The summed E-state index contributed by atoms with van der Waals surface area (Å²) in [6.07, 6.45) is 4.79. The van der Waals surface area contributed by atoms with Crippen molar-refractivity contribution in [2.24, 2.45) is 0 Å². The molecule has 0 spiro atoms. The molecule has 1 saturated heterocycles. The molecule has 0 radical (unpaired) electrons.